The van der Waals surface area contributed by atoms with Gasteiger partial charge in [0.1, 0.15) is 5.75 Å². The Labute approximate surface area is 143 Å². The van der Waals surface area contributed by atoms with Crippen molar-refractivity contribution in [3.05, 3.63) is 28.8 Å². The average Bonchev–Trinajstić information content (AvgIpc) is 2.46. The van der Waals surface area contributed by atoms with Crippen molar-refractivity contribution in [2.24, 2.45) is 5.92 Å². The van der Waals surface area contributed by atoms with Gasteiger partial charge in [0.25, 0.3) is 0 Å². The van der Waals surface area contributed by atoms with Crippen LogP contribution in [0, 0.1) is 12.8 Å². The van der Waals surface area contributed by atoms with Gasteiger partial charge in [0.05, 0.1) is 6.61 Å². The van der Waals surface area contributed by atoms with E-state index in [4.69, 9.17) is 21.1 Å². The van der Waals surface area contributed by atoms with Crippen molar-refractivity contribution >= 4 is 23.5 Å². The predicted octanol–water partition coefficient (Wildman–Crippen LogP) is 4.70. The number of benzene rings is 1. The lowest BCUT2D eigenvalue weighted by Crippen LogP contribution is -2.11. The quantitative estimate of drug-likeness (QED) is 0.371. The zero-order valence-electron chi connectivity index (χ0n) is 14.1. The van der Waals surface area contributed by atoms with Gasteiger partial charge in [0.2, 0.25) is 0 Å². The lowest BCUT2D eigenvalue weighted by molar-refractivity contribution is -0.144. The highest BCUT2D eigenvalue weighted by atomic mass is 35.5. The fourth-order valence-corrected chi connectivity index (χ4v) is 2.25. The summed E-state index contributed by atoms with van der Waals surface area (Å²) in [6.07, 6.45) is 2.76. The lowest BCUT2D eigenvalue weighted by atomic mass is 10.1. The van der Waals surface area contributed by atoms with Crippen LogP contribution in [0.15, 0.2) is 18.2 Å². The van der Waals surface area contributed by atoms with Crippen LogP contribution in [-0.4, -0.2) is 18.5 Å². The third-order valence-corrected chi connectivity index (χ3v) is 3.55. The van der Waals surface area contributed by atoms with Crippen LogP contribution in [0.4, 0.5) is 0 Å². The summed E-state index contributed by atoms with van der Waals surface area (Å²) >= 11 is 5.85. The van der Waals surface area contributed by atoms with E-state index in [9.17, 15) is 9.59 Å². The van der Waals surface area contributed by atoms with E-state index >= 15 is 0 Å². The molecule has 0 saturated carbocycles. The van der Waals surface area contributed by atoms with Crippen LogP contribution >= 0.6 is 11.6 Å². The maximum atomic E-state index is 11.8. The third kappa shape index (κ3) is 8.60. The highest BCUT2D eigenvalue weighted by molar-refractivity contribution is 6.30. The standard InChI is InChI=1S/C18H25ClO4/c1-13(2)6-5-11-22-17(20)7-4-8-18(21)23-16-10-9-15(19)12-14(16)3/h9-10,12-13H,4-8,11H2,1-3H3. The van der Waals surface area contributed by atoms with Crippen molar-refractivity contribution in [3.63, 3.8) is 0 Å². The molecule has 0 unspecified atom stereocenters. The number of ether oxygens (including phenoxy) is 2. The lowest BCUT2D eigenvalue weighted by Gasteiger charge is -2.08. The average molecular weight is 341 g/mol. The molecule has 5 heteroatoms. The van der Waals surface area contributed by atoms with E-state index in [0.29, 0.717) is 29.7 Å². The molecule has 0 N–H and O–H groups in total. The molecule has 0 fully saturated rings. The maximum absolute atomic E-state index is 11.8. The van der Waals surface area contributed by atoms with E-state index in [0.717, 1.165) is 18.4 Å². The van der Waals surface area contributed by atoms with Crippen LogP contribution in [0.1, 0.15) is 51.5 Å². The predicted molar refractivity (Wildman–Crippen MR) is 90.7 cm³/mol. The first-order valence-electron chi connectivity index (χ1n) is 8.01. The molecule has 23 heavy (non-hydrogen) atoms. The molecule has 0 amide bonds. The summed E-state index contributed by atoms with van der Waals surface area (Å²) in [4.78, 5) is 23.3. The molecular weight excluding hydrogens is 316 g/mol. The monoisotopic (exact) mass is 340 g/mol. The highest BCUT2D eigenvalue weighted by Crippen LogP contribution is 2.22. The molecular formula is C18H25ClO4. The number of aryl methyl sites for hydroxylation is 1. The Morgan fingerprint density at radius 2 is 1.83 bits per heavy atom. The van der Waals surface area contributed by atoms with Crippen LogP contribution in [-0.2, 0) is 14.3 Å². The minimum Gasteiger partial charge on any atom is -0.466 e. The summed E-state index contributed by atoms with van der Waals surface area (Å²) in [6, 6.07) is 5.07. The Balaban J connectivity index is 2.19. The van der Waals surface area contributed by atoms with Gasteiger partial charge in [-0.3, -0.25) is 9.59 Å². The molecule has 0 spiro atoms. The Morgan fingerprint density at radius 1 is 1.13 bits per heavy atom. The van der Waals surface area contributed by atoms with Gasteiger partial charge in [0.15, 0.2) is 0 Å². The Kier molecular flexibility index (Phi) is 8.70. The van der Waals surface area contributed by atoms with E-state index in [1.54, 1.807) is 18.2 Å². The van der Waals surface area contributed by atoms with Crippen molar-refractivity contribution in [3.8, 4) is 5.75 Å². The summed E-state index contributed by atoms with van der Waals surface area (Å²) in [6.45, 7) is 6.54. The first-order valence-corrected chi connectivity index (χ1v) is 8.38. The normalized spacial score (nSPS) is 10.7. The summed E-state index contributed by atoms with van der Waals surface area (Å²) in [5.41, 5.74) is 0.801. The Hall–Kier alpha value is -1.55. The third-order valence-electron chi connectivity index (χ3n) is 3.31. The minimum absolute atomic E-state index is 0.184. The molecule has 0 aliphatic carbocycles. The van der Waals surface area contributed by atoms with Gasteiger partial charge in [-0.1, -0.05) is 25.4 Å². The molecule has 0 saturated heterocycles. The molecule has 128 valence electrons. The van der Waals surface area contributed by atoms with Crippen LogP contribution in [0.5, 0.6) is 5.75 Å². The second-order valence-corrected chi connectivity index (χ2v) is 6.43. The van der Waals surface area contributed by atoms with Gasteiger partial charge in [0, 0.05) is 17.9 Å². The second kappa shape index (κ2) is 10.3. The summed E-state index contributed by atoms with van der Waals surface area (Å²) in [5, 5.41) is 0.600. The van der Waals surface area contributed by atoms with E-state index in [1.165, 1.54) is 0 Å². The maximum Gasteiger partial charge on any atom is 0.311 e. The van der Waals surface area contributed by atoms with E-state index in [2.05, 4.69) is 13.8 Å². The van der Waals surface area contributed by atoms with E-state index < -0.39 is 0 Å². The topological polar surface area (TPSA) is 52.6 Å². The molecule has 1 rings (SSSR count). The van der Waals surface area contributed by atoms with Crippen LogP contribution in [0.2, 0.25) is 5.02 Å². The minimum atomic E-state index is -0.358. The summed E-state index contributed by atoms with van der Waals surface area (Å²) in [7, 11) is 0. The van der Waals surface area contributed by atoms with Gasteiger partial charge in [-0.2, -0.15) is 0 Å². The molecule has 0 aliphatic rings. The zero-order chi connectivity index (χ0) is 17.2. The van der Waals surface area contributed by atoms with Crippen LogP contribution in [0.3, 0.4) is 0 Å². The van der Waals surface area contributed by atoms with Crippen molar-refractivity contribution in [2.75, 3.05) is 6.61 Å². The number of carbonyl (C=O) groups excluding carboxylic acids is 2. The Morgan fingerprint density at radius 3 is 2.48 bits per heavy atom. The summed E-state index contributed by atoms with van der Waals surface area (Å²) in [5.74, 6) is 0.489. The smallest absolute Gasteiger partial charge is 0.311 e. The number of hydrogen-bond acceptors (Lipinski definition) is 4. The molecule has 1 aromatic carbocycles. The number of rotatable bonds is 9. The fourth-order valence-electron chi connectivity index (χ4n) is 2.03. The number of hydrogen-bond donors (Lipinski definition) is 0. The van der Waals surface area contributed by atoms with E-state index in [-0.39, 0.29) is 24.8 Å². The SMILES string of the molecule is Cc1cc(Cl)ccc1OC(=O)CCCC(=O)OCCCC(C)C. The zero-order valence-corrected chi connectivity index (χ0v) is 14.8. The molecule has 0 aliphatic heterocycles. The molecule has 1 aromatic rings. The molecule has 0 radical (unpaired) electrons. The van der Waals surface area contributed by atoms with Crippen LogP contribution in [0.25, 0.3) is 0 Å². The molecule has 0 heterocycles. The van der Waals surface area contributed by atoms with Crippen molar-refractivity contribution in [2.45, 2.75) is 52.9 Å². The largest absolute Gasteiger partial charge is 0.466 e. The van der Waals surface area contributed by atoms with Gasteiger partial charge in [-0.05, 0) is 55.9 Å². The highest BCUT2D eigenvalue weighted by Gasteiger charge is 2.10. The second-order valence-electron chi connectivity index (χ2n) is 5.99. The number of halogens is 1. The molecule has 0 bridgehead atoms. The summed E-state index contributed by atoms with van der Waals surface area (Å²) < 4.78 is 10.4. The van der Waals surface area contributed by atoms with Gasteiger partial charge in [-0.25, -0.2) is 0 Å². The Bertz CT molecular complexity index is 526. The van der Waals surface area contributed by atoms with Gasteiger partial charge in [-0.15, -0.1) is 0 Å². The van der Waals surface area contributed by atoms with Crippen molar-refractivity contribution < 1.29 is 19.1 Å². The van der Waals surface area contributed by atoms with Crippen molar-refractivity contribution in [1.29, 1.82) is 0 Å². The first kappa shape index (κ1) is 19.5. The fraction of sp³-hybridized carbons (Fsp3) is 0.556. The van der Waals surface area contributed by atoms with E-state index in [1.807, 2.05) is 6.92 Å². The van der Waals surface area contributed by atoms with Crippen molar-refractivity contribution in [1.82, 2.24) is 0 Å². The molecule has 0 atom stereocenters. The molecule has 4 nitrogen and oxygen atoms in total. The number of esters is 2. The first-order chi connectivity index (χ1) is 10.9. The van der Waals surface area contributed by atoms with Gasteiger partial charge < -0.3 is 9.47 Å². The number of carbonyl (C=O) groups is 2. The van der Waals surface area contributed by atoms with Gasteiger partial charge >= 0.3 is 11.9 Å². The molecule has 0 aromatic heterocycles. The van der Waals surface area contributed by atoms with Crippen LogP contribution < -0.4 is 4.74 Å².